The zero-order valence-corrected chi connectivity index (χ0v) is 13.7. The first-order valence-corrected chi connectivity index (χ1v) is 8.57. The van der Waals surface area contributed by atoms with Gasteiger partial charge in [0, 0.05) is 24.7 Å². The fraction of sp³-hybridized carbons (Fsp3) is 0.556. The van der Waals surface area contributed by atoms with Crippen LogP contribution in [0.15, 0.2) is 24.3 Å². The molecule has 0 aliphatic carbocycles. The van der Waals surface area contributed by atoms with Crippen molar-refractivity contribution in [2.45, 2.75) is 38.6 Å². The van der Waals surface area contributed by atoms with Gasteiger partial charge in [-0.15, -0.1) is 0 Å². The topological polar surface area (TPSA) is 61.4 Å². The summed E-state index contributed by atoms with van der Waals surface area (Å²) < 4.78 is 0. The van der Waals surface area contributed by atoms with Crippen molar-refractivity contribution in [1.29, 1.82) is 0 Å². The Morgan fingerprint density at radius 2 is 1.96 bits per heavy atom. The van der Waals surface area contributed by atoms with Crippen molar-refractivity contribution in [3.63, 3.8) is 0 Å². The van der Waals surface area contributed by atoms with Crippen molar-refractivity contribution >= 4 is 17.5 Å². The van der Waals surface area contributed by atoms with Crippen LogP contribution in [0.2, 0.25) is 0 Å². The Labute approximate surface area is 137 Å². The summed E-state index contributed by atoms with van der Waals surface area (Å²) in [5, 5.41) is 6.40. The van der Waals surface area contributed by atoms with Crippen LogP contribution < -0.4 is 15.5 Å². The molecule has 0 aromatic heterocycles. The Hall–Kier alpha value is -1.88. The SMILES string of the molecule is CCc1ccc(N2C[C@@H](C(=O)NC3CCNCC3)CC2=O)cc1. The van der Waals surface area contributed by atoms with Gasteiger partial charge in [-0.3, -0.25) is 9.59 Å². The lowest BCUT2D eigenvalue weighted by atomic mass is 10.0. The molecule has 2 fully saturated rings. The summed E-state index contributed by atoms with van der Waals surface area (Å²) in [6, 6.07) is 8.29. The van der Waals surface area contributed by atoms with Crippen molar-refractivity contribution < 1.29 is 9.59 Å². The van der Waals surface area contributed by atoms with E-state index in [1.165, 1.54) is 5.56 Å². The fourth-order valence-corrected chi connectivity index (χ4v) is 3.33. The Kier molecular flexibility index (Phi) is 4.96. The highest BCUT2D eigenvalue weighted by Crippen LogP contribution is 2.26. The molecule has 3 rings (SSSR count). The average Bonchev–Trinajstić information content (AvgIpc) is 2.98. The fourth-order valence-electron chi connectivity index (χ4n) is 3.33. The average molecular weight is 315 g/mol. The Balaban J connectivity index is 1.60. The van der Waals surface area contributed by atoms with Gasteiger partial charge < -0.3 is 15.5 Å². The molecule has 0 unspecified atom stereocenters. The number of piperidine rings is 1. The van der Waals surface area contributed by atoms with Crippen molar-refractivity contribution in [3.8, 4) is 0 Å². The Bertz CT molecular complexity index is 564. The van der Waals surface area contributed by atoms with E-state index < -0.39 is 0 Å². The summed E-state index contributed by atoms with van der Waals surface area (Å²) in [7, 11) is 0. The number of rotatable bonds is 4. The van der Waals surface area contributed by atoms with E-state index in [0.29, 0.717) is 13.0 Å². The van der Waals surface area contributed by atoms with E-state index in [0.717, 1.165) is 38.0 Å². The largest absolute Gasteiger partial charge is 0.353 e. The standard InChI is InChI=1S/C18H25N3O2/c1-2-13-3-5-16(6-4-13)21-12-14(11-17(21)22)18(23)20-15-7-9-19-10-8-15/h3-6,14-15,19H,2,7-12H2,1H3,(H,20,23)/t14-/m0/s1. The van der Waals surface area contributed by atoms with Crippen LogP contribution in [-0.4, -0.2) is 37.5 Å². The predicted molar refractivity (Wildman–Crippen MR) is 90.3 cm³/mol. The number of hydrogen-bond acceptors (Lipinski definition) is 3. The Morgan fingerprint density at radius 3 is 2.61 bits per heavy atom. The summed E-state index contributed by atoms with van der Waals surface area (Å²) in [5.41, 5.74) is 2.14. The third-order valence-electron chi connectivity index (χ3n) is 4.84. The number of nitrogens with one attached hydrogen (secondary N) is 2. The number of amides is 2. The number of nitrogens with zero attached hydrogens (tertiary/aromatic N) is 1. The molecule has 23 heavy (non-hydrogen) atoms. The molecule has 2 aliphatic heterocycles. The molecule has 2 N–H and O–H groups in total. The van der Waals surface area contributed by atoms with Gasteiger partial charge in [0.2, 0.25) is 11.8 Å². The van der Waals surface area contributed by atoms with Crippen LogP contribution in [-0.2, 0) is 16.0 Å². The number of aryl methyl sites for hydroxylation is 1. The minimum absolute atomic E-state index is 0.0259. The number of hydrogen-bond donors (Lipinski definition) is 2. The molecule has 0 radical (unpaired) electrons. The lowest BCUT2D eigenvalue weighted by Gasteiger charge is -2.25. The monoisotopic (exact) mass is 315 g/mol. The highest BCUT2D eigenvalue weighted by molar-refractivity contribution is 6.00. The molecule has 0 saturated carbocycles. The van der Waals surface area contributed by atoms with Gasteiger partial charge in [0.15, 0.2) is 0 Å². The van der Waals surface area contributed by atoms with Crippen LogP contribution in [0.25, 0.3) is 0 Å². The Morgan fingerprint density at radius 1 is 1.26 bits per heavy atom. The van der Waals surface area contributed by atoms with Gasteiger partial charge in [-0.25, -0.2) is 0 Å². The first-order chi connectivity index (χ1) is 11.2. The molecule has 5 nitrogen and oxygen atoms in total. The second kappa shape index (κ2) is 7.13. The highest BCUT2D eigenvalue weighted by atomic mass is 16.2. The van der Waals surface area contributed by atoms with Crippen molar-refractivity contribution in [2.24, 2.45) is 5.92 Å². The first kappa shape index (κ1) is 16.0. The zero-order valence-electron chi connectivity index (χ0n) is 13.7. The zero-order chi connectivity index (χ0) is 16.2. The lowest BCUT2D eigenvalue weighted by molar-refractivity contribution is -0.127. The molecule has 1 aromatic carbocycles. The summed E-state index contributed by atoms with van der Waals surface area (Å²) >= 11 is 0. The summed E-state index contributed by atoms with van der Waals surface area (Å²) in [4.78, 5) is 26.4. The summed E-state index contributed by atoms with van der Waals surface area (Å²) in [6.07, 6.45) is 3.23. The molecular weight excluding hydrogens is 290 g/mol. The minimum Gasteiger partial charge on any atom is -0.353 e. The normalized spacial score (nSPS) is 22.4. The van der Waals surface area contributed by atoms with Crippen LogP contribution in [0.1, 0.15) is 31.7 Å². The van der Waals surface area contributed by atoms with Gasteiger partial charge in [0.05, 0.1) is 5.92 Å². The van der Waals surface area contributed by atoms with Gasteiger partial charge in [-0.2, -0.15) is 0 Å². The van der Waals surface area contributed by atoms with E-state index in [-0.39, 0.29) is 23.8 Å². The van der Waals surface area contributed by atoms with Crippen LogP contribution in [0.4, 0.5) is 5.69 Å². The molecule has 2 aliphatic rings. The number of carbonyl (C=O) groups excluding carboxylic acids is 2. The van der Waals surface area contributed by atoms with Crippen molar-refractivity contribution in [3.05, 3.63) is 29.8 Å². The van der Waals surface area contributed by atoms with Crippen LogP contribution >= 0.6 is 0 Å². The summed E-state index contributed by atoms with van der Waals surface area (Å²) in [6.45, 7) is 4.49. The van der Waals surface area contributed by atoms with E-state index >= 15 is 0 Å². The number of anilines is 1. The third-order valence-corrected chi connectivity index (χ3v) is 4.84. The second-order valence-corrected chi connectivity index (χ2v) is 6.46. The molecule has 1 atom stereocenters. The molecule has 2 heterocycles. The molecule has 2 saturated heterocycles. The molecule has 5 heteroatoms. The van der Waals surface area contributed by atoms with E-state index in [4.69, 9.17) is 0 Å². The first-order valence-electron chi connectivity index (χ1n) is 8.57. The van der Waals surface area contributed by atoms with Crippen molar-refractivity contribution in [2.75, 3.05) is 24.5 Å². The summed E-state index contributed by atoms with van der Waals surface area (Å²) in [5.74, 6) is -0.166. The van der Waals surface area contributed by atoms with E-state index in [9.17, 15) is 9.59 Å². The maximum absolute atomic E-state index is 12.4. The van der Waals surface area contributed by atoms with Gasteiger partial charge in [0.25, 0.3) is 0 Å². The van der Waals surface area contributed by atoms with Gasteiger partial charge in [-0.05, 0) is 50.0 Å². The lowest BCUT2D eigenvalue weighted by Crippen LogP contribution is -2.45. The third kappa shape index (κ3) is 3.72. The molecule has 124 valence electrons. The van der Waals surface area contributed by atoms with Crippen LogP contribution in [0.5, 0.6) is 0 Å². The number of carbonyl (C=O) groups is 2. The maximum Gasteiger partial charge on any atom is 0.227 e. The van der Waals surface area contributed by atoms with Gasteiger partial charge in [0.1, 0.15) is 0 Å². The molecule has 0 spiro atoms. The van der Waals surface area contributed by atoms with Crippen LogP contribution in [0.3, 0.4) is 0 Å². The van der Waals surface area contributed by atoms with Gasteiger partial charge >= 0.3 is 0 Å². The second-order valence-electron chi connectivity index (χ2n) is 6.46. The van der Waals surface area contributed by atoms with Crippen LogP contribution in [0, 0.1) is 5.92 Å². The quantitative estimate of drug-likeness (QED) is 0.884. The van der Waals surface area contributed by atoms with E-state index in [1.54, 1.807) is 4.90 Å². The molecule has 1 aromatic rings. The van der Waals surface area contributed by atoms with Crippen molar-refractivity contribution in [1.82, 2.24) is 10.6 Å². The smallest absolute Gasteiger partial charge is 0.227 e. The predicted octanol–water partition coefficient (Wildman–Crippen LogP) is 1.47. The molecule has 2 amide bonds. The molecule has 0 bridgehead atoms. The van der Waals surface area contributed by atoms with E-state index in [2.05, 4.69) is 17.6 Å². The molecular formula is C18H25N3O2. The minimum atomic E-state index is -0.233. The van der Waals surface area contributed by atoms with Gasteiger partial charge in [-0.1, -0.05) is 19.1 Å². The van der Waals surface area contributed by atoms with E-state index in [1.807, 2.05) is 24.3 Å². The highest BCUT2D eigenvalue weighted by Gasteiger charge is 2.35. The maximum atomic E-state index is 12.4. The number of benzene rings is 1.